The molecule has 4 heteroatoms. The maximum absolute atomic E-state index is 12.9. The molecule has 2 aliphatic rings. The lowest BCUT2D eigenvalue weighted by atomic mass is 9.80. The Kier molecular flexibility index (Phi) is 5.77. The predicted octanol–water partition coefficient (Wildman–Crippen LogP) is 4.82. The molecule has 3 unspecified atom stereocenters. The summed E-state index contributed by atoms with van der Waals surface area (Å²) in [6, 6.07) is 18.0. The maximum Gasteiger partial charge on any atom is 0.207 e. The zero-order chi connectivity index (χ0) is 19.3. The highest BCUT2D eigenvalue weighted by Gasteiger charge is 2.41. The van der Waals surface area contributed by atoms with Crippen LogP contribution >= 0.6 is 0 Å². The van der Waals surface area contributed by atoms with Gasteiger partial charge in [-0.2, -0.15) is 0 Å². The van der Waals surface area contributed by atoms with Gasteiger partial charge in [-0.25, -0.2) is 0 Å². The molecule has 1 saturated carbocycles. The fourth-order valence-corrected chi connectivity index (χ4v) is 3.87. The van der Waals surface area contributed by atoms with Crippen LogP contribution in [0.2, 0.25) is 0 Å². The monoisotopic (exact) mass is 378 g/mol. The van der Waals surface area contributed by atoms with Crippen molar-refractivity contribution in [3.8, 4) is 5.75 Å². The van der Waals surface area contributed by atoms with E-state index in [1.54, 1.807) is 0 Å². The number of ether oxygens (including phenoxy) is 3. The van der Waals surface area contributed by atoms with Crippen LogP contribution in [0.5, 0.6) is 5.75 Å². The van der Waals surface area contributed by atoms with Gasteiger partial charge in [0, 0.05) is 6.42 Å². The standard InChI is InChI=1S/C24H26O4/c1-2-17-8-10-19(11-9-17)28-23-16-27-22-14-20(12-13-21(22)24(23)25)26-15-18-6-4-3-5-7-18/h3-11,16,20-22H,2,12-15H2,1H3. The van der Waals surface area contributed by atoms with E-state index in [2.05, 4.69) is 19.1 Å². The Labute approximate surface area is 166 Å². The first kappa shape index (κ1) is 18.8. The second kappa shape index (κ2) is 8.61. The van der Waals surface area contributed by atoms with Gasteiger partial charge in [0.25, 0.3) is 0 Å². The van der Waals surface area contributed by atoms with Crippen molar-refractivity contribution in [1.82, 2.24) is 0 Å². The third-order valence-corrected chi connectivity index (χ3v) is 5.56. The molecule has 0 aromatic heterocycles. The number of ketones is 1. The minimum atomic E-state index is -0.147. The van der Waals surface area contributed by atoms with Crippen molar-refractivity contribution in [3.05, 3.63) is 77.7 Å². The quantitative estimate of drug-likeness (QED) is 0.723. The van der Waals surface area contributed by atoms with E-state index in [-0.39, 0.29) is 23.9 Å². The smallest absolute Gasteiger partial charge is 0.207 e. The van der Waals surface area contributed by atoms with Gasteiger partial charge >= 0.3 is 0 Å². The molecule has 4 rings (SSSR count). The number of benzene rings is 2. The van der Waals surface area contributed by atoms with Crippen molar-refractivity contribution in [2.75, 3.05) is 0 Å². The number of hydrogen-bond acceptors (Lipinski definition) is 4. The van der Waals surface area contributed by atoms with Crippen LogP contribution in [-0.2, 0) is 27.3 Å². The van der Waals surface area contributed by atoms with E-state index >= 15 is 0 Å². The first-order chi connectivity index (χ1) is 13.7. The van der Waals surface area contributed by atoms with Crippen molar-refractivity contribution in [1.29, 1.82) is 0 Å². The van der Waals surface area contributed by atoms with Crippen molar-refractivity contribution >= 4 is 5.78 Å². The zero-order valence-corrected chi connectivity index (χ0v) is 16.2. The van der Waals surface area contributed by atoms with Crippen molar-refractivity contribution in [3.63, 3.8) is 0 Å². The lowest BCUT2D eigenvalue weighted by molar-refractivity contribution is -0.134. The molecular weight excluding hydrogens is 352 g/mol. The lowest BCUT2D eigenvalue weighted by Crippen LogP contribution is -2.42. The molecule has 4 nitrogen and oxygen atoms in total. The van der Waals surface area contributed by atoms with Gasteiger partial charge < -0.3 is 14.2 Å². The van der Waals surface area contributed by atoms with Gasteiger partial charge in [-0.3, -0.25) is 4.79 Å². The molecule has 0 saturated heterocycles. The number of carbonyl (C=O) groups excluding carboxylic acids is 1. The summed E-state index contributed by atoms with van der Waals surface area (Å²) in [5.74, 6) is 0.858. The third-order valence-electron chi connectivity index (χ3n) is 5.56. The maximum atomic E-state index is 12.9. The van der Waals surface area contributed by atoms with Crippen LogP contribution in [0.4, 0.5) is 0 Å². The summed E-state index contributed by atoms with van der Waals surface area (Å²) >= 11 is 0. The molecule has 0 spiro atoms. The largest absolute Gasteiger partial charge is 0.493 e. The van der Waals surface area contributed by atoms with Gasteiger partial charge in [0.1, 0.15) is 18.1 Å². The van der Waals surface area contributed by atoms with Crippen LogP contribution in [-0.4, -0.2) is 18.0 Å². The summed E-state index contributed by atoms with van der Waals surface area (Å²) < 4.78 is 17.7. The highest BCUT2D eigenvalue weighted by Crippen LogP contribution is 2.35. The molecule has 28 heavy (non-hydrogen) atoms. The molecule has 3 atom stereocenters. The number of allylic oxidation sites excluding steroid dienone is 1. The number of Topliss-reactive ketones (excluding diaryl/α,β-unsaturated/α-hetero) is 1. The number of carbonyl (C=O) groups is 1. The minimum absolute atomic E-state index is 0.0392. The molecule has 0 amide bonds. The van der Waals surface area contributed by atoms with Gasteiger partial charge in [0.2, 0.25) is 11.5 Å². The first-order valence-corrected chi connectivity index (χ1v) is 10.0. The van der Waals surface area contributed by atoms with E-state index in [0.717, 1.165) is 31.2 Å². The van der Waals surface area contributed by atoms with Crippen LogP contribution in [0, 0.1) is 5.92 Å². The molecule has 1 aliphatic heterocycles. The summed E-state index contributed by atoms with van der Waals surface area (Å²) in [7, 11) is 0. The normalized spacial score (nSPS) is 24.1. The molecule has 2 aromatic rings. The highest BCUT2D eigenvalue weighted by molar-refractivity contribution is 5.96. The second-order valence-electron chi connectivity index (χ2n) is 7.46. The van der Waals surface area contributed by atoms with Crippen LogP contribution in [0.25, 0.3) is 0 Å². The van der Waals surface area contributed by atoms with E-state index in [1.807, 2.05) is 42.5 Å². The average molecular weight is 378 g/mol. The Morgan fingerprint density at radius 3 is 2.54 bits per heavy atom. The molecule has 0 radical (unpaired) electrons. The number of fused-ring (bicyclic) bond motifs is 1. The molecule has 146 valence electrons. The topological polar surface area (TPSA) is 44.8 Å². The molecule has 2 aromatic carbocycles. The summed E-state index contributed by atoms with van der Waals surface area (Å²) in [6.45, 7) is 2.70. The van der Waals surface area contributed by atoms with Gasteiger partial charge in [0.05, 0.1) is 18.6 Å². The van der Waals surface area contributed by atoms with Crippen LogP contribution in [0.15, 0.2) is 66.6 Å². The summed E-state index contributed by atoms with van der Waals surface area (Å²) in [5.41, 5.74) is 2.40. The number of rotatable bonds is 6. The number of aryl methyl sites for hydroxylation is 1. The number of hydrogen-bond donors (Lipinski definition) is 0. The molecule has 1 aliphatic carbocycles. The van der Waals surface area contributed by atoms with E-state index in [4.69, 9.17) is 14.2 Å². The Bertz CT molecular complexity index is 825. The van der Waals surface area contributed by atoms with Gasteiger partial charge in [-0.15, -0.1) is 0 Å². The van der Waals surface area contributed by atoms with Crippen LogP contribution in [0.3, 0.4) is 0 Å². The summed E-state index contributed by atoms with van der Waals surface area (Å²) in [4.78, 5) is 12.9. The Hall–Kier alpha value is -2.59. The Morgan fingerprint density at radius 2 is 1.79 bits per heavy atom. The van der Waals surface area contributed by atoms with Crippen LogP contribution < -0.4 is 4.74 Å². The zero-order valence-electron chi connectivity index (χ0n) is 16.2. The van der Waals surface area contributed by atoms with Gasteiger partial charge in [-0.05, 0) is 42.5 Å². The van der Waals surface area contributed by atoms with E-state index in [9.17, 15) is 4.79 Å². The fourth-order valence-electron chi connectivity index (χ4n) is 3.87. The van der Waals surface area contributed by atoms with Crippen molar-refractivity contribution < 1.29 is 19.0 Å². The molecule has 0 N–H and O–H groups in total. The summed E-state index contributed by atoms with van der Waals surface area (Å²) in [5, 5.41) is 0. The third kappa shape index (κ3) is 4.28. The lowest BCUT2D eigenvalue weighted by Gasteiger charge is -2.37. The van der Waals surface area contributed by atoms with Gasteiger partial charge in [-0.1, -0.05) is 49.4 Å². The van der Waals surface area contributed by atoms with E-state index in [0.29, 0.717) is 18.1 Å². The Morgan fingerprint density at radius 1 is 1.00 bits per heavy atom. The average Bonchev–Trinajstić information content (AvgIpc) is 2.75. The van der Waals surface area contributed by atoms with Crippen LogP contribution in [0.1, 0.15) is 37.3 Å². The molecule has 0 bridgehead atoms. The SMILES string of the molecule is CCc1ccc(OC2=COC3CC(OCc4ccccc4)CCC3C2=O)cc1. The van der Waals surface area contributed by atoms with Gasteiger partial charge in [0.15, 0.2) is 0 Å². The fraction of sp³-hybridized carbons (Fsp3) is 0.375. The van der Waals surface area contributed by atoms with Crippen molar-refractivity contribution in [2.24, 2.45) is 5.92 Å². The highest BCUT2D eigenvalue weighted by atomic mass is 16.5. The van der Waals surface area contributed by atoms with E-state index in [1.165, 1.54) is 11.8 Å². The molecule has 1 heterocycles. The molecule has 1 fully saturated rings. The van der Waals surface area contributed by atoms with E-state index < -0.39 is 0 Å². The minimum Gasteiger partial charge on any atom is -0.493 e. The second-order valence-corrected chi connectivity index (χ2v) is 7.46. The van der Waals surface area contributed by atoms with Crippen molar-refractivity contribution in [2.45, 2.75) is 51.4 Å². The first-order valence-electron chi connectivity index (χ1n) is 10.0. The summed E-state index contributed by atoms with van der Waals surface area (Å²) in [6.07, 6.45) is 4.81. The molecular formula is C24H26O4. The Balaban J connectivity index is 1.34. The predicted molar refractivity (Wildman–Crippen MR) is 107 cm³/mol.